The van der Waals surface area contributed by atoms with E-state index >= 15 is 0 Å². The van der Waals surface area contributed by atoms with E-state index in [4.69, 9.17) is 4.74 Å². The zero-order chi connectivity index (χ0) is 30.6. The zero-order valence-electron chi connectivity index (χ0n) is 25.6. The van der Waals surface area contributed by atoms with Gasteiger partial charge < -0.3 is 19.5 Å². The van der Waals surface area contributed by atoms with Crippen molar-refractivity contribution in [3.05, 3.63) is 58.5 Å². The highest BCUT2D eigenvalue weighted by Gasteiger charge is 2.51. The average Bonchev–Trinajstić information content (AvgIpc) is 3.46. The Balaban J connectivity index is 1.13. The van der Waals surface area contributed by atoms with Gasteiger partial charge in [0.1, 0.15) is 11.4 Å². The van der Waals surface area contributed by atoms with Gasteiger partial charge in [0.15, 0.2) is 9.84 Å². The van der Waals surface area contributed by atoms with E-state index in [0.29, 0.717) is 36.6 Å². The predicted molar refractivity (Wildman–Crippen MR) is 168 cm³/mol. The van der Waals surface area contributed by atoms with Gasteiger partial charge in [-0.05, 0) is 101 Å². The third-order valence-corrected chi connectivity index (χ3v) is 11.7. The monoisotopic (exact) mass is 606 g/mol. The maximum absolute atomic E-state index is 13.6. The van der Waals surface area contributed by atoms with Crippen molar-refractivity contribution in [2.45, 2.75) is 101 Å². The van der Waals surface area contributed by atoms with Crippen LogP contribution < -0.4 is 10.9 Å². The number of likely N-dealkylation sites (tertiary alicyclic amines) is 1. The molecular formula is C33H42N4O5S. The van der Waals surface area contributed by atoms with Crippen LogP contribution in [0.2, 0.25) is 0 Å². The molecule has 1 N–H and O–H groups in total. The van der Waals surface area contributed by atoms with E-state index in [1.807, 2.05) is 44.4 Å². The molecule has 3 aromatic rings. The molecule has 0 atom stereocenters. The van der Waals surface area contributed by atoms with E-state index in [9.17, 15) is 18.0 Å². The molecular weight excluding hydrogens is 564 g/mol. The summed E-state index contributed by atoms with van der Waals surface area (Å²) >= 11 is 0. The molecule has 10 heteroatoms. The fourth-order valence-corrected chi connectivity index (χ4v) is 9.20. The summed E-state index contributed by atoms with van der Waals surface area (Å²) in [6.45, 7) is 8.67. The summed E-state index contributed by atoms with van der Waals surface area (Å²) in [5, 5.41) is 3.86. The molecule has 3 heterocycles. The molecule has 2 aromatic heterocycles. The van der Waals surface area contributed by atoms with Gasteiger partial charge in [0.2, 0.25) is 0 Å². The second kappa shape index (κ2) is 10.9. The number of carbonyl (C=O) groups excluding carboxylic acids is 1. The SMILES string of the molecule is Cc1cc(S(=O)(=O)C2CC3(CCN(C(=O)OC(C)(C)C)CC3)C2)ccc1Nc1cc2c(ccc(=O)n2C2CCCC2)cn1. The highest BCUT2D eigenvalue weighted by Crippen LogP contribution is 2.53. The predicted octanol–water partition coefficient (Wildman–Crippen LogP) is 6.52. The number of rotatable bonds is 5. The summed E-state index contributed by atoms with van der Waals surface area (Å²) in [7, 11) is -3.48. The molecule has 1 spiro atoms. The van der Waals surface area contributed by atoms with E-state index in [1.54, 1.807) is 35.4 Å². The van der Waals surface area contributed by atoms with Crippen LogP contribution in [0, 0.1) is 12.3 Å². The van der Waals surface area contributed by atoms with E-state index < -0.39 is 20.7 Å². The van der Waals surface area contributed by atoms with Crippen molar-refractivity contribution in [2.75, 3.05) is 18.4 Å². The van der Waals surface area contributed by atoms with E-state index in [1.165, 1.54) is 0 Å². The molecule has 0 unspecified atom stereocenters. The maximum Gasteiger partial charge on any atom is 0.410 e. The first-order valence-corrected chi connectivity index (χ1v) is 17.0. The average molecular weight is 607 g/mol. The van der Waals surface area contributed by atoms with Crippen molar-refractivity contribution in [1.82, 2.24) is 14.5 Å². The Kier molecular flexibility index (Phi) is 7.55. The second-order valence-electron chi connectivity index (χ2n) is 13.8. The number of aryl methyl sites for hydroxylation is 1. The maximum atomic E-state index is 13.6. The number of pyridine rings is 2. The molecule has 3 aliphatic rings. The van der Waals surface area contributed by atoms with Gasteiger partial charge in [-0.15, -0.1) is 0 Å². The highest BCUT2D eigenvalue weighted by atomic mass is 32.2. The number of nitrogens with one attached hydrogen (secondary N) is 1. The van der Waals surface area contributed by atoms with Crippen molar-refractivity contribution in [3.8, 4) is 0 Å². The van der Waals surface area contributed by atoms with E-state index in [2.05, 4.69) is 10.3 Å². The van der Waals surface area contributed by atoms with Gasteiger partial charge >= 0.3 is 6.09 Å². The quantitative estimate of drug-likeness (QED) is 0.352. The van der Waals surface area contributed by atoms with Crippen LogP contribution in [0.4, 0.5) is 16.3 Å². The Hall–Kier alpha value is -3.40. The molecule has 1 aliphatic heterocycles. The van der Waals surface area contributed by atoms with Crippen LogP contribution in [0.25, 0.3) is 10.9 Å². The molecule has 1 saturated heterocycles. The van der Waals surface area contributed by atoms with Crippen LogP contribution >= 0.6 is 0 Å². The van der Waals surface area contributed by atoms with Crippen LogP contribution in [0.5, 0.6) is 0 Å². The first kappa shape index (κ1) is 29.7. The Morgan fingerprint density at radius 1 is 1.05 bits per heavy atom. The number of ether oxygens (including phenoxy) is 1. The number of benzene rings is 1. The summed E-state index contributed by atoms with van der Waals surface area (Å²) in [5.41, 5.74) is 1.91. The molecule has 230 valence electrons. The minimum absolute atomic E-state index is 0.00802. The van der Waals surface area contributed by atoms with Gasteiger partial charge in [-0.1, -0.05) is 12.8 Å². The minimum atomic E-state index is -3.48. The van der Waals surface area contributed by atoms with E-state index in [0.717, 1.165) is 60.7 Å². The number of nitrogens with zero attached hydrogens (tertiary/aromatic N) is 3. The smallest absolute Gasteiger partial charge is 0.410 e. The zero-order valence-corrected chi connectivity index (χ0v) is 26.4. The van der Waals surface area contributed by atoms with Gasteiger partial charge in [0.05, 0.1) is 15.7 Å². The third-order valence-electron chi connectivity index (χ3n) is 9.53. The van der Waals surface area contributed by atoms with Crippen LogP contribution in [0.3, 0.4) is 0 Å². The van der Waals surface area contributed by atoms with E-state index in [-0.39, 0.29) is 23.1 Å². The number of amides is 1. The molecule has 6 rings (SSSR count). The lowest BCUT2D eigenvalue weighted by Gasteiger charge is -2.51. The first-order valence-electron chi connectivity index (χ1n) is 15.4. The Bertz CT molecular complexity index is 1700. The second-order valence-corrected chi connectivity index (χ2v) is 16.0. The van der Waals surface area contributed by atoms with Crippen LogP contribution in [0.1, 0.15) is 83.7 Å². The Morgan fingerprint density at radius 2 is 1.74 bits per heavy atom. The topological polar surface area (TPSA) is 111 Å². The lowest BCUT2D eigenvalue weighted by Crippen LogP contribution is -2.53. The molecule has 3 fully saturated rings. The van der Waals surface area contributed by atoms with Crippen molar-refractivity contribution in [1.29, 1.82) is 0 Å². The van der Waals surface area contributed by atoms with Gasteiger partial charge in [-0.2, -0.15) is 0 Å². The molecule has 0 radical (unpaired) electrons. The van der Waals surface area contributed by atoms with Crippen molar-refractivity contribution >= 4 is 38.3 Å². The Morgan fingerprint density at radius 3 is 2.40 bits per heavy atom. The summed E-state index contributed by atoms with van der Waals surface area (Å²) in [4.78, 5) is 31.9. The van der Waals surface area contributed by atoms with Gasteiger partial charge in [0.25, 0.3) is 5.56 Å². The number of sulfone groups is 1. The molecule has 9 nitrogen and oxygen atoms in total. The largest absolute Gasteiger partial charge is 0.444 e. The number of fused-ring (bicyclic) bond motifs is 1. The van der Waals surface area contributed by atoms with Crippen LogP contribution in [-0.2, 0) is 14.6 Å². The summed E-state index contributed by atoms with van der Waals surface area (Å²) < 4.78 is 34.6. The standard InChI is InChI=1S/C33H42N4O5S/c1-22-17-25(43(40,41)26-19-33(20-26)13-15-36(16-14-33)31(39)42-32(2,3)4)10-11-27(22)35-29-18-28-23(21-34-29)9-12-30(38)37(28)24-7-5-6-8-24/h9-12,17-18,21,24,26H,5-8,13-16,19-20H2,1-4H3,(H,34,35). The van der Waals surface area contributed by atoms with Crippen LogP contribution in [-0.4, -0.2) is 52.9 Å². The first-order chi connectivity index (χ1) is 20.3. The minimum Gasteiger partial charge on any atom is -0.444 e. The molecule has 43 heavy (non-hydrogen) atoms. The lowest BCUT2D eigenvalue weighted by atomic mass is 9.63. The van der Waals surface area contributed by atoms with Gasteiger partial charge in [-0.25, -0.2) is 18.2 Å². The third kappa shape index (κ3) is 5.90. The molecule has 1 amide bonds. The molecule has 2 saturated carbocycles. The van der Waals surface area contributed by atoms with Crippen molar-refractivity contribution in [3.63, 3.8) is 0 Å². The lowest BCUT2D eigenvalue weighted by molar-refractivity contribution is -0.00428. The summed E-state index contributed by atoms with van der Waals surface area (Å²) in [6.07, 6.45) is 8.61. The molecule has 1 aromatic carbocycles. The number of carbonyl (C=O) groups is 1. The normalized spacial score (nSPS) is 19.5. The summed E-state index contributed by atoms with van der Waals surface area (Å²) in [5.74, 6) is 0.613. The van der Waals surface area contributed by atoms with Gasteiger partial charge in [-0.3, -0.25) is 4.79 Å². The Labute approximate surface area is 253 Å². The molecule has 2 aliphatic carbocycles. The number of piperidine rings is 1. The number of anilines is 2. The molecule has 0 bridgehead atoms. The highest BCUT2D eigenvalue weighted by molar-refractivity contribution is 7.92. The van der Waals surface area contributed by atoms with Crippen molar-refractivity contribution in [2.24, 2.45) is 5.41 Å². The van der Waals surface area contributed by atoms with Crippen molar-refractivity contribution < 1.29 is 17.9 Å². The number of hydrogen-bond acceptors (Lipinski definition) is 7. The number of hydrogen-bond donors (Lipinski definition) is 1. The summed E-state index contributed by atoms with van der Waals surface area (Å²) in [6, 6.07) is 10.8. The fraction of sp³-hybridized carbons (Fsp3) is 0.545. The van der Waals surface area contributed by atoms with Crippen LogP contribution in [0.15, 0.2) is 52.3 Å². The number of aromatic nitrogens is 2. The fourth-order valence-electron chi connectivity index (χ4n) is 7.07. The van der Waals surface area contributed by atoms with Gasteiger partial charge in [0, 0.05) is 48.5 Å².